The Bertz CT molecular complexity index is 415. The molecule has 1 aliphatic rings. The van der Waals surface area contributed by atoms with Gasteiger partial charge in [0.2, 0.25) is 0 Å². The molecular formula is C14H25N3O2. The van der Waals surface area contributed by atoms with Crippen molar-refractivity contribution in [3.05, 3.63) is 11.6 Å². The summed E-state index contributed by atoms with van der Waals surface area (Å²) in [6.07, 6.45) is 4.93. The van der Waals surface area contributed by atoms with Crippen molar-refractivity contribution in [1.82, 2.24) is 14.8 Å². The molecule has 1 heterocycles. The molecule has 108 valence electrons. The molecule has 1 aromatic rings. The van der Waals surface area contributed by atoms with Crippen LogP contribution in [0.3, 0.4) is 0 Å². The predicted octanol–water partition coefficient (Wildman–Crippen LogP) is 2.10. The topological polar surface area (TPSA) is 60.2 Å². The average Bonchev–Trinajstić information content (AvgIpc) is 2.78. The van der Waals surface area contributed by atoms with Gasteiger partial charge in [-0.15, -0.1) is 10.2 Å². The van der Waals surface area contributed by atoms with E-state index in [1.807, 2.05) is 4.57 Å². The standard InChI is InChI=1S/C14H25N3O2/c1-14(2)7-5-4-6-11(14)13-16-15-12(10-18)17(13)8-9-19-3/h11,18H,4-10H2,1-3H3. The van der Waals surface area contributed by atoms with Gasteiger partial charge in [0, 0.05) is 19.6 Å². The molecule has 1 saturated carbocycles. The molecule has 5 nitrogen and oxygen atoms in total. The van der Waals surface area contributed by atoms with E-state index in [0.717, 1.165) is 12.2 Å². The number of aliphatic hydroxyl groups is 1. The van der Waals surface area contributed by atoms with E-state index in [1.54, 1.807) is 7.11 Å². The van der Waals surface area contributed by atoms with Crippen LogP contribution in [0.1, 0.15) is 57.1 Å². The van der Waals surface area contributed by atoms with E-state index in [0.29, 0.717) is 24.9 Å². The van der Waals surface area contributed by atoms with Crippen molar-refractivity contribution in [2.75, 3.05) is 13.7 Å². The molecule has 1 atom stereocenters. The largest absolute Gasteiger partial charge is 0.388 e. The van der Waals surface area contributed by atoms with Crippen molar-refractivity contribution in [3.63, 3.8) is 0 Å². The lowest BCUT2D eigenvalue weighted by Gasteiger charge is -2.38. The van der Waals surface area contributed by atoms with Crippen LogP contribution in [0.25, 0.3) is 0 Å². The summed E-state index contributed by atoms with van der Waals surface area (Å²) in [5.41, 5.74) is 0.253. The maximum atomic E-state index is 9.40. The second-order valence-electron chi connectivity index (χ2n) is 6.06. The maximum Gasteiger partial charge on any atom is 0.158 e. The van der Waals surface area contributed by atoms with Gasteiger partial charge in [0.15, 0.2) is 5.82 Å². The maximum absolute atomic E-state index is 9.40. The molecule has 1 fully saturated rings. The lowest BCUT2D eigenvalue weighted by molar-refractivity contribution is 0.167. The van der Waals surface area contributed by atoms with Crippen molar-refractivity contribution < 1.29 is 9.84 Å². The number of nitrogens with zero attached hydrogens (tertiary/aromatic N) is 3. The van der Waals surface area contributed by atoms with E-state index in [2.05, 4.69) is 24.0 Å². The Morgan fingerprint density at radius 2 is 2.16 bits per heavy atom. The van der Waals surface area contributed by atoms with Gasteiger partial charge >= 0.3 is 0 Å². The number of aromatic nitrogens is 3. The average molecular weight is 267 g/mol. The molecule has 1 aliphatic carbocycles. The third-order valence-electron chi connectivity index (χ3n) is 4.34. The molecule has 0 aliphatic heterocycles. The van der Waals surface area contributed by atoms with Crippen LogP contribution in [0.2, 0.25) is 0 Å². The summed E-state index contributed by atoms with van der Waals surface area (Å²) >= 11 is 0. The number of ether oxygens (including phenoxy) is 1. The highest BCUT2D eigenvalue weighted by Crippen LogP contribution is 2.46. The lowest BCUT2D eigenvalue weighted by atomic mass is 9.68. The first-order chi connectivity index (χ1) is 9.10. The number of hydrogen-bond acceptors (Lipinski definition) is 4. The normalized spacial score (nSPS) is 22.6. The van der Waals surface area contributed by atoms with Gasteiger partial charge in [0.05, 0.1) is 6.61 Å². The van der Waals surface area contributed by atoms with E-state index in [1.165, 1.54) is 19.3 Å². The highest BCUT2D eigenvalue weighted by Gasteiger charge is 2.36. The molecule has 1 N–H and O–H groups in total. The number of methoxy groups -OCH3 is 1. The fraction of sp³-hybridized carbons (Fsp3) is 0.857. The smallest absolute Gasteiger partial charge is 0.158 e. The molecular weight excluding hydrogens is 242 g/mol. The molecule has 1 aromatic heterocycles. The second kappa shape index (κ2) is 6.01. The fourth-order valence-electron chi connectivity index (χ4n) is 3.12. The quantitative estimate of drug-likeness (QED) is 0.887. The highest BCUT2D eigenvalue weighted by atomic mass is 16.5. The SMILES string of the molecule is COCCn1c(CO)nnc1C1CCCCC1(C)C. The molecule has 0 amide bonds. The highest BCUT2D eigenvalue weighted by molar-refractivity contribution is 5.08. The molecule has 0 saturated heterocycles. The molecule has 0 spiro atoms. The minimum absolute atomic E-state index is 0.0656. The van der Waals surface area contributed by atoms with Gasteiger partial charge in [0.25, 0.3) is 0 Å². The Morgan fingerprint density at radius 1 is 1.37 bits per heavy atom. The Balaban J connectivity index is 2.29. The van der Waals surface area contributed by atoms with Crippen LogP contribution >= 0.6 is 0 Å². The number of hydrogen-bond donors (Lipinski definition) is 1. The minimum atomic E-state index is -0.0656. The molecule has 2 rings (SSSR count). The lowest BCUT2D eigenvalue weighted by Crippen LogP contribution is -2.29. The van der Waals surface area contributed by atoms with Gasteiger partial charge < -0.3 is 14.4 Å². The van der Waals surface area contributed by atoms with Gasteiger partial charge in [-0.1, -0.05) is 26.7 Å². The third-order valence-corrected chi connectivity index (χ3v) is 4.34. The summed E-state index contributed by atoms with van der Waals surface area (Å²) in [4.78, 5) is 0. The Kier molecular flexibility index (Phi) is 4.58. The third kappa shape index (κ3) is 2.98. The van der Waals surface area contributed by atoms with Crippen molar-refractivity contribution in [2.24, 2.45) is 5.41 Å². The Hall–Kier alpha value is -0.940. The first-order valence-corrected chi connectivity index (χ1v) is 7.12. The molecule has 19 heavy (non-hydrogen) atoms. The van der Waals surface area contributed by atoms with Gasteiger partial charge in [-0.05, 0) is 18.3 Å². The van der Waals surface area contributed by atoms with Gasteiger partial charge in [-0.2, -0.15) is 0 Å². The van der Waals surface area contributed by atoms with Crippen molar-refractivity contribution >= 4 is 0 Å². The monoisotopic (exact) mass is 267 g/mol. The fourth-order valence-corrected chi connectivity index (χ4v) is 3.12. The summed E-state index contributed by atoms with van der Waals surface area (Å²) < 4.78 is 7.19. The van der Waals surface area contributed by atoms with Gasteiger partial charge in [0.1, 0.15) is 12.4 Å². The van der Waals surface area contributed by atoms with E-state index in [4.69, 9.17) is 4.74 Å². The van der Waals surface area contributed by atoms with Gasteiger partial charge in [-0.3, -0.25) is 0 Å². The molecule has 0 radical (unpaired) electrons. The Morgan fingerprint density at radius 3 is 2.79 bits per heavy atom. The number of aliphatic hydroxyl groups excluding tert-OH is 1. The summed E-state index contributed by atoms with van der Waals surface area (Å²) in [6.45, 7) is 5.88. The first kappa shape index (κ1) is 14.5. The van der Waals surface area contributed by atoms with Crippen LogP contribution in [0.15, 0.2) is 0 Å². The van der Waals surface area contributed by atoms with Crippen molar-refractivity contribution in [2.45, 2.75) is 58.6 Å². The van der Waals surface area contributed by atoms with Crippen LogP contribution in [0.4, 0.5) is 0 Å². The first-order valence-electron chi connectivity index (χ1n) is 7.12. The second-order valence-corrected chi connectivity index (χ2v) is 6.06. The van der Waals surface area contributed by atoms with Crippen LogP contribution in [-0.2, 0) is 17.9 Å². The zero-order valence-electron chi connectivity index (χ0n) is 12.2. The minimum Gasteiger partial charge on any atom is -0.388 e. The summed E-state index contributed by atoms with van der Waals surface area (Å²) in [6, 6.07) is 0. The van der Waals surface area contributed by atoms with Crippen LogP contribution in [0, 0.1) is 5.41 Å². The zero-order chi connectivity index (χ0) is 13.9. The van der Waals surface area contributed by atoms with E-state index in [-0.39, 0.29) is 12.0 Å². The number of rotatable bonds is 5. The summed E-state index contributed by atoms with van der Waals surface area (Å²) in [7, 11) is 1.69. The van der Waals surface area contributed by atoms with E-state index < -0.39 is 0 Å². The van der Waals surface area contributed by atoms with Crippen LogP contribution < -0.4 is 0 Å². The predicted molar refractivity (Wildman–Crippen MR) is 72.8 cm³/mol. The summed E-state index contributed by atoms with van der Waals surface area (Å²) in [5, 5.41) is 17.9. The van der Waals surface area contributed by atoms with Crippen molar-refractivity contribution in [1.29, 1.82) is 0 Å². The zero-order valence-corrected chi connectivity index (χ0v) is 12.2. The molecule has 0 aromatic carbocycles. The van der Waals surface area contributed by atoms with Crippen LogP contribution in [-0.4, -0.2) is 33.6 Å². The van der Waals surface area contributed by atoms with E-state index in [9.17, 15) is 5.11 Å². The summed E-state index contributed by atoms with van der Waals surface area (Å²) in [5.74, 6) is 2.09. The molecule has 1 unspecified atom stereocenters. The Labute approximate surface area is 115 Å². The van der Waals surface area contributed by atoms with E-state index >= 15 is 0 Å². The van der Waals surface area contributed by atoms with Crippen LogP contribution in [0.5, 0.6) is 0 Å². The molecule has 5 heteroatoms. The molecule has 0 bridgehead atoms. The van der Waals surface area contributed by atoms with Crippen molar-refractivity contribution in [3.8, 4) is 0 Å². The van der Waals surface area contributed by atoms with Gasteiger partial charge in [-0.25, -0.2) is 0 Å².